The molecule has 0 radical (unpaired) electrons. The van der Waals surface area contributed by atoms with Gasteiger partial charge < -0.3 is 14.6 Å². The van der Waals surface area contributed by atoms with Crippen molar-refractivity contribution in [2.75, 3.05) is 21.2 Å². The van der Waals surface area contributed by atoms with Gasteiger partial charge in [0, 0.05) is 20.5 Å². The fourth-order valence-corrected chi connectivity index (χ4v) is 3.52. The zero-order chi connectivity index (χ0) is 23.6. The first-order valence-electron chi connectivity index (χ1n) is 9.70. The highest BCUT2D eigenvalue weighted by Gasteiger charge is 2.61. The summed E-state index contributed by atoms with van der Waals surface area (Å²) >= 11 is 0. The molecule has 1 aliphatic rings. The summed E-state index contributed by atoms with van der Waals surface area (Å²) in [7, 11) is 3.80. The average Bonchev–Trinajstić information content (AvgIpc) is 2.76. The normalized spacial score (nSPS) is 16.4. The van der Waals surface area contributed by atoms with Gasteiger partial charge in [-0.1, -0.05) is 26.0 Å². The van der Waals surface area contributed by atoms with Gasteiger partial charge in [0.05, 0.1) is 7.11 Å². The van der Waals surface area contributed by atoms with Crippen LogP contribution in [-0.4, -0.2) is 71.5 Å². The third-order valence-electron chi connectivity index (χ3n) is 5.76. The summed E-state index contributed by atoms with van der Waals surface area (Å²) in [5, 5.41) is 9.67. The minimum Gasteiger partial charge on any atom is -0.497 e. The SMILES string of the molecule is CCC(CC)(C(=O)O)C(=O)OC1(Cc2ccc(OC)cc2)C(=O)N(C)C(=O)N(C)C1=O. The monoisotopic (exact) mass is 434 g/mol. The maximum absolute atomic E-state index is 13.2. The lowest BCUT2D eigenvalue weighted by molar-refractivity contribution is -0.194. The summed E-state index contributed by atoms with van der Waals surface area (Å²) in [5.74, 6) is -4.19. The first-order valence-corrected chi connectivity index (χ1v) is 9.70. The Balaban J connectivity index is 2.60. The van der Waals surface area contributed by atoms with Crippen molar-refractivity contribution in [2.24, 2.45) is 5.41 Å². The number of methoxy groups -OCH3 is 1. The second-order valence-electron chi connectivity index (χ2n) is 7.35. The van der Waals surface area contributed by atoms with Crippen LogP contribution >= 0.6 is 0 Å². The number of carboxylic acids is 1. The summed E-state index contributed by atoms with van der Waals surface area (Å²) in [6.45, 7) is 3.00. The minimum absolute atomic E-state index is 0.108. The molecule has 10 nitrogen and oxygen atoms in total. The highest BCUT2D eigenvalue weighted by molar-refractivity contribution is 6.22. The number of esters is 1. The van der Waals surface area contributed by atoms with Gasteiger partial charge in [0.1, 0.15) is 5.75 Å². The number of aliphatic carboxylic acids is 1. The van der Waals surface area contributed by atoms with Gasteiger partial charge in [0.15, 0.2) is 5.41 Å². The maximum atomic E-state index is 13.2. The number of carbonyl (C=O) groups excluding carboxylic acids is 4. The van der Waals surface area contributed by atoms with Crippen molar-refractivity contribution in [1.82, 2.24) is 9.80 Å². The van der Waals surface area contributed by atoms with Gasteiger partial charge in [-0.2, -0.15) is 0 Å². The van der Waals surface area contributed by atoms with E-state index >= 15 is 0 Å². The number of hydrogen-bond acceptors (Lipinski definition) is 7. The van der Waals surface area contributed by atoms with E-state index in [1.807, 2.05) is 0 Å². The maximum Gasteiger partial charge on any atom is 0.333 e. The van der Waals surface area contributed by atoms with E-state index < -0.39 is 40.8 Å². The Hall–Kier alpha value is -3.43. The van der Waals surface area contributed by atoms with Crippen LogP contribution in [0.1, 0.15) is 32.3 Å². The number of carboxylic acid groups (broad SMARTS) is 1. The van der Waals surface area contributed by atoms with E-state index in [0.29, 0.717) is 21.1 Å². The van der Waals surface area contributed by atoms with Gasteiger partial charge in [-0.3, -0.25) is 29.0 Å². The number of ether oxygens (including phenoxy) is 2. The van der Waals surface area contributed by atoms with Crippen molar-refractivity contribution < 1.29 is 38.6 Å². The number of benzene rings is 1. The topological polar surface area (TPSA) is 131 Å². The van der Waals surface area contributed by atoms with Gasteiger partial charge >= 0.3 is 18.0 Å². The van der Waals surface area contributed by atoms with Gasteiger partial charge in [0.2, 0.25) is 0 Å². The molecule has 0 atom stereocenters. The van der Waals surface area contributed by atoms with Crippen molar-refractivity contribution in [3.63, 3.8) is 0 Å². The molecule has 4 amide bonds. The minimum atomic E-state index is -2.42. The Morgan fingerprint density at radius 2 is 1.48 bits per heavy atom. The van der Waals surface area contributed by atoms with Crippen molar-refractivity contribution in [1.29, 1.82) is 0 Å². The number of imide groups is 2. The second-order valence-corrected chi connectivity index (χ2v) is 7.35. The number of nitrogens with zero attached hydrogens (tertiary/aromatic N) is 2. The molecule has 0 unspecified atom stereocenters. The molecule has 1 aliphatic heterocycles. The van der Waals surface area contributed by atoms with E-state index in [-0.39, 0.29) is 19.3 Å². The molecule has 1 saturated heterocycles. The predicted octanol–water partition coefficient (Wildman–Crippen LogP) is 1.46. The number of likely N-dealkylation sites (N-methyl/N-ethyl adjacent to an activating group) is 2. The molecule has 0 saturated carbocycles. The van der Waals surface area contributed by atoms with Gasteiger partial charge in [-0.25, -0.2) is 4.79 Å². The number of amides is 4. The smallest absolute Gasteiger partial charge is 0.333 e. The molecule has 10 heteroatoms. The summed E-state index contributed by atoms with van der Waals surface area (Å²) in [5.41, 5.74) is -3.92. The molecule has 1 heterocycles. The first kappa shape index (κ1) is 23.8. The quantitative estimate of drug-likeness (QED) is 0.481. The Morgan fingerprint density at radius 1 is 1.00 bits per heavy atom. The van der Waals surface area contributed by atoms with Gasteiger partial charge in [0.25, 0.3) is 17.4 Å². The van der Waals surface area contributed by atoms with Crippen LogP contribution < -0.4 is 4.74 Å². The van der Waals surface area contributed by atoms with Crippen molar-refractivity contribution in [2.45, 2.75) is 38.7 Å². The van der Waals surface area contributed by atoms with Crippen LogP contribution in [0, 0.1) is 5.41 Å². The number of urea groups is 1. The van der Waals surface area contributed by atoms with Crippen molar-refractivity contribution >= 4 is 29.8 Å². The lowest BCUT2D eigenvalue weighted by atomic mass is 9.81. The molecule has 31 heavy (non-hydrogen) atoms. The number of hydrogen-bond donors (Lipinski definition) is 1. The lowest BCUT2D eigenvalue weighted by Gasteiger charge is -2.42. The predicted molar refractivity (Wildman–Crippen MR) is 107 cm³/mol. The third-order valence-corrected chi connectivity index (χ3v) is 5.76. The molecule has 0 bridgehead atoms. The molecule has 1 aromatic carbocycles. The fourth-order valence-electron chi connectivity index (χ4n) is 3.52. The molecule has 2 rings (SSSR count). The van der Waals surface area contributed by atoms with E-state index in [0.717, 1.165) is 14.1 Å². The number of barbiturate groups is 1. The van der Waals surface area contributed by atoms with Gasteiger partial charge in [-0.05, 0) is 30.5 Å². The van der Waals surface area contributed by atoms with Crippen LogP contribution in [0.15, 0.2) is 24.3 Å². The van der Waals surface area contributed by atoms with Crippen LogP contribution in [0.4, 0.5) is 4.79 Å². The molecule has 1 N–H and O–H groups in total. The third kappa shape index (κ3) is 3.85. The summed E-state index contributed by atoms with van der Waals surface area (Å²) in [4.78, 5) is 64.9. The zero-order valence-corrected chi connectivity index (χ0v) is 18.1. The number of carbonyl (C=O) groups is 5. The van der Waals surface area contributed by atoms with Crippen LogP contribution in [0.3, 0.4) is 0 Å². The molecule has 1 aromatic rings. The molecule has 1 fully saturated rings. The zero-order valence-electron chi connectivity index (χ0n) is 18.1. The van der Waals surface area contributed by atoms with Crippen LogP contribution in [0.2, 0.25) is 0 Å². The van der Waals surface area contributed by atoms with E-state index in [4.69, 9.17) is 9.47 Å². The van der Waals surface area contributed by atoms with E-state index in [2.05, 4.69) is 0 Å². The Bertz CT molecular complexity index is 880. The van der Waals surface area contributed by atoms with Crippen molar-refractivity contribution in [3.8, 4) is 5.75 Å². The van der Waals surface area contributed by atoms with Crippen LogP contribution in [0.25, 0.3) is 0 Å². The van der Waals surface area contributed by atoms with E-state index in [1.165, 1.54) is 21.0 Å². The van der Waals surface area contributed by atoms with Crippen LogP contribution in [-0.2, 0) is 30.3 Å². The molecular weight excluding hydrogens is 408 g/mol. The largest absolute Gasteiger partial charge is 0.497 e. The summed E-state index contributed by atoms with van der Waals surface area (Å²) in [6.07, 6.45) is -0.599. The molecule has 0 aromatic heterocycles. The first-order chi connectivity index (χ1) is 14.5. The fraction of sp³-hybridized carbons (Fsp3) is 0.476. The molecular formula is C21H26N2O8. The number of rotatable bonds is 8. The highest BCUT2D eigenvalue weighted by Crippen LogP contribution is 2.35. The summed E-state index contributed by atoms with van der Waals surface area (Å²) in [6, 6.07) is 5.47. The van der Waals surface area contributed by atoms with Gasteiger partial charge in [-0.15, -0.1) is 0 Å². The highest BCUT2D eigenvalue weighted by atomic mass is 16.6. The second kappa shape index (κ2) is 8.75. The summed E-state index contributed by atoms with van der Waals surface area (Å²) < 4.78 is 10.6. The lowest BCUT2D eigenvalue weighted by Crippen LogP contribution is -2.70. The Morgan fingerprint density at radius 3 is 1.87 bits per heavy atom. The Kier molecular flexibility index (Phi) is 6.73. The molecule has 168 valence electrons. The standard InChI is InChI=1S/C21H26N2O8/c1-6-20(7-2,17(26)27)18(28)31-21(12-13-8-10-14(30-5)11-9-13)15(24)22(3)19(29)23(4)16(21)25/h8-11H,6-7,12H2,1-5H3,(H,26,27). The van der Waals surface area contributed by atoms with E-state index in [9.17, 15) is 29.1 Å². The Labute approximate surface area is 179 Å². The van der Waals surface area contributed by atoms with E-state index in [1.54, 1.807) is 24.3 Å². The average molecular weight is 434 g/mol. The van der Waals surface area contributed by atoms with Crippen LogP contribution in [0.5, 0.6) is 5.75 Å². The molecule has 0 spiro atoms. The molecule has 0 aliphatic carbocycles. The van der Waals surface area contributed by atoms with Crippen molar-refractivity contribution in [3.05, 3.63) is 29.8 Å².